The van der Waals surface area contributed by atoms with Gasteiger partial charge in [-0.05, 0) is 6.42 Å². The lowest BCUT2D eigenvalue weighted by Crippen LogP contribution is -2.39. The Hall–Kier alpha value is -2.18. The minimum absolute atomic E-state index is 0.0492. The first-order valence-corrected chi connectivity index (χ1v) is 9.02. The molecule has 1 heterocycles. The largest absolute Gasteiger partial charge is 0.382 e. The van der Waals surface area contributed by atoms with E-state index in [-0.39, 0.29) is 22.5 Å². The molecule has 0 spiro atoms. The van der Waals surface area contributed by atoms with Gasteiger partial charge in [0.2, 0.25) is 5.96 Å². The zero-order valence-electron chi connectivity index (χ0n) is 14.1. The fraction of sp³-hybridized carbons (Fsp3) is 0.500. The summed E-state index contributed by atoms with van der Waals surface area (Å²) < 4.78 is 27.2. The highest BCUT2D eigenvalue weighted by atomic mass is 35.5. The van der Waals surface area contributed by atoms with Gasteiger partial charge in [-0.15, -0.1) is 4.40 Å². The molecule has 6 N–H and O–H groups in total. The van der Waals surface area contributed by atoms with E-state index in [1.807, 2.05) is 6.92 Å². The van der Waals surface area contributed by atoms with Crippen molar-refractivity contribution in [1.82, 2.24) is 19.6 Å². The number of halogens is 1. The molecule has 0 aliphatic carbocycles. The number of carbonyl (C=O) groups excluding carboxylic acids is 1. The Kier molecular flexibility index (Phi) is 7.33. The van der Waals surface area contributed by atoms with Crippen molar-refractivity contribution in [1.29, 1.82) is 0 Å². The Labute approximate surface area is 151 Å². The number of nitrogens with zero attached hydrogens (tertiary/aromatic N) is 4. The van der Waals surface area contributed by atoms with Crippen LogP contribution in [-0.2, 0) is 10.2 Å². The molecule has 140 valence electrons. The van der Waals surface area contributed by atoms with E-state index in [2.05, 4.69) is 25.0 Å². The zero-order valence-corrected chi connectivity index (χ0v) is 15.6. The maximum Gasteiger partial charge on any atom is 0.325 e. The highest BCUT2D eigenvalue weighted by Crippen LogP contribution is 2.20. The number of guanidine groups is 1. The van der Waals surface area contributed by atoms with Gasteiger partial charge in [0, 0.05) is 20.6 Å². The number of nitrogens with one attached hydrogen (secondary N) is 2. The van der Waals surface area contributed by atoms with E-state index >= 15 is 0 Å². The van der Waals surface area contributed by atoms with E-state index in [0.29, 0.717) is 6.54 Å². The standard InChI is InChI=1S/C12H21ClN8O3S/c1-4-5-6-16-10-8(13)17-7(9(14)18-10)11(22)19-12(15)20-25(23,24)21(2)3/h4-6H2,1-3H3,(H3,14,16,18)(H3,15,19,20,22). The van der Waals surface area contributed by atoms with Gasteiger partial charge in [-0.2, -0.15) is 12.7 Å². The van der Waals surface area contributed by atoms with E-state index in [4.69, 9.17) is 23.1 Å². The summed E-state index contributed by atoms with van der Waals surface area (Å²) in [6.45, 7) is 2.65. The number of nitrogens with two attached hydrogens (primary N) is 2. The molecule has 0 bridgehead atoms. The highest BCUT2D eigenvalue weighted by Gasteiger charge is 2.19. The van der Waals surface area contributed by atoms with Crippen molar-refractivity contribution in [2.75, 3.05) is 31.7 Å². The summed E-state index contributed by atoms with van der Waals surface area (Å²) in [5.74, 6) is -1.46. The first kappa shape index (κ1) is 20.9. The first-order valence-electron chi connectivity index (χ1n) is 7.24. The Morgan fingerprint density at radius 2 is 2.00 bits per heavy atom. The maximum absolute atomic E-state index is 12.1. The van der Waals surface area contributed by atoms with Gasteiger partial charge in [0.15, 0.2) is 22.5 Å². The average molecular weight is 393 g/mol. The molecule has 0 saturated heterocycles. The van der Waals surface area contributed by atoms with Gasteiger partial charge in [-0.3, -0.25) is 10.1 Å². The normalized spacial score (nSPS) is 12.3. The van der Waals surface area contributed by atoms with Crippen molar-refractivity contribution in [3.63, 3.8) is 0 Å². The van der Waals surface area contributed by atoms with Crippen molar-refractivity contribution in [3.8, 4) is 0 Å². The molecule has 0 radical (unpaired) electrons. The summed E-state index contributed by atoms with van der Waals surface area (Å²) >= 11 is 5.97. The number of aromatic nitrogens is 2. The van der Waals surface area contributed by atoms with Crippen LogP contribution in [0.3, 0.4) is 0 Å². The van der Waals surface area contributed by atoms with E-state index in [1.54, 1.807) is 0 Å². The second kappa shape index (κ2) is 8.78. The topological polar surface area (TPSA) is 169 Å². The monoisotopic (exact) mass is 392 g/mol. The molecule has 0 atom stereocenters. The molecule has 1 aromatic rings. The number of anilines is 2. The minimum atomic E-state index is -3.98. The molecule has 25 heavy (non-hydrogen) atoms. The Morgan fingerprint density at radius 3 is 2.56 bits per heavy atom. The number of amides is 1. The predicted octanol–water partition coefficient (Wildman–Crippen LogP) is -0.225. The van der Waals surface area contributed by atoms with E-state index in [9.17, 15) is 13.2 Å². The summed E-state index contributed by atoms with van der Waals surface area (Å²) in [5, 5.41) is 4.97. The van der Waals surface area contributed by atoms with Crippen LogP contribution in [0.25, 0.3) is 0 Å². The van der Waals surface area contributed by atoms with Gasteiger partial charge in [0.05, 0.1) is 0 Å². The minimum Gasteiger partial charge on any atom is -0.382 e. The van der Waals surface area contributed by atoms with Crippen molar-refractivity contribution >= 4 is 45.3 Å². The van der Waals surface area contributed by atoms with Crippen LogP contribution in [0.1, 0.15) is 30.3 Å². The van der Waals surface area contributed by atoms with Crippen LogP contribution >= 0.6 is 11.6 Å². The van der Waals surface area contributed by atoms with Crippen LogP contribution in [0.5, 0.6) is 0 Å². The van der Waals surface area contributed by atoms with Gasteiger partial charge < -0.3 is 16.8 Å². The number of carbonyl (C=O) groups is 1. The molecule has 0 aliphatic heterocycles. The number of nitrogen functional groups attached to an aromatic ring is 1. The number of hydrogen-bond acceptors (Lipinski definition) is 7. The fourth-order valence-electron chi connectivity index (χ4n) is 1.50. The number of rotatable bonds is 7. The fourth-order valence-corrected chi connectivity index (χ4v) is 2.15. The molecule has 0 aliphatic rings. The molecule has 1 amide bonds. The summed E-state index contributed by atoms with van der Waals surface area (Å²) in [7, 11) is -1.45. The second-order valence-electron chi connectivity index (χ2n) is 5.07. The van der Waals surface area contributed by atoms with Gasteiger partial charge in [0.25, 0.3) is 5.91 Å². The van der Waals surface area contributed by atoms with Crippen molar-refractivity contribution in [2.24, 2.45) is 10.1 Å². The first-order chi connectivity index (χ1) is 11.6. The van der Waals surface area contributed by atoms with Crippen molar-refractivity contribution in [3.05, 3.63) is 10.8 Å². The predicted molar refractivity (Wildman–Crippen MR) is 96.5 cm³/mol. The van der Waals surface area contributed by atoms with E-state index < -0.39 is 22.1 Å². The van der Waals surface area contributed by atoms with E-state index in [0.717, 1.165) is 17.1 Å². The summed E-state index contributed by atoms with van der Waals surface area (Å²) in [6, 6.07) is 0. The molecular weight excluding hydrogens is 372 g/mol. The third-order valence-corrected chi connectivity index (χ3v) is 4.45. The second-order valence-corrected chi connectivity index (χ2v) is 7.23. The number of hydrogen-bond donors (Lipinski definition) is 4. The van der Waals surface area contributed by atoms with Gasteiger partial charge in [-0.25, -0.2) is 9.97 Å². The van der Waals surface area contributed by atoms with Crippen LogP contribution in [0.4, 0.5) is 11.6 Å². The average Bonchev–Trinajstić information content (AvgIpc) is 2.49. The van der Waals surface area contributed by atoms with Crippen LogP contribution in [0, 0.1) is 0 Å². The van der Waals surface area contributed by atoms with Gasteiger partial charge >= 0.3 is 10.2 Å². The SMILES string of the molecule is CCCCNc1nc(N)c(C(=O)NC(N)=NS(=O)(=O)N(C)C)nc1Cl. The molecule has 11 nitrogen and oxygen atoms in total. The molecule has 0 fully saturated rings. The van der Waals surface area contributed by atoms with Crippen molar-refractivity contribution < 1.29 is 13.2 Å². The summed E-state index contributed by atoms with van der Waals surface area (Å²) in [4.78, 5) is 20.0. The molecule has 0 unspecified atom stereocenters. The molecule has 1 rings (SSSR count). The van der Waals surface area contributed by atoms with Gasteiger partial charge in [-0.1, -0.05) is 24.9 Å². The van der Waals surface area contributed by atoms with Crippen LogP contribution < -0.4 is 22.1 Å². The van der Waals surface area contributed by atoms with Crippen molar-refractivity contribution in [2.45, 2.75) is 19.8 Å². The summed E-state index contributed by atoms with van der Waals surface area (Å²) in [6.07, 6.45) is 1.87. The molecule has 13 heteroatoms. The smallest absolute Gasteiger partial charge is 0.325 e. The Morgan fingerprint density at radius 1 is 1.36 bits per heavy atom. The van der Waals surface area contributed by atoms with Crippen LogP contribution in [0.2, 0.25) is 5.15 Å². The molecule has 1 aromatic heterocycles. The lowest BCUT2D eigenvalue weighted by atomic mass is 10.3. The molecular formula is C12H21ClN8O3S. The molecule has 0 aromatic carbocycles. The Bertz CT molecular complexity index is 766. The zero-order chi connectivity index (χ0) is 19.2. The summed E-state index contributed by atoms with van der Waals surface area (Å²) in [5.41, 5.74) is 10.8. The number of unbranched alkanes of at least 4 members (excludes halogenated alkanes) is 1. The maximum atomic E-state index is 12.1. The third kappa shape index (κ3) is 5.99. The lowest BCUT2D eigenvalue weighted by Gasteiger charge is -2.11. The quantitative estimate of drug-likeness (QED) is 0.280. The Balaban J connectivity index is 2.96. The van der Waals surface area contributed by atoms with Crippen LogP contribution in [0.15, 0.2) is 4.40 Å². The highest BCUT2D eigenvalue weighted by molar-refractivity contribution is 7.87. The third-order valence-electron chi connectivity index (χ3n) is 2.83. The molecule has 0 saturated carbocycles. The van der Waals surface area contributed by atoms with Crippen LogP contribution in [-0.4, -0.2) is 55.2 Å². The van der Waals surface area contributed by atoms with Gasteiger partial charge in [0.1, 0.15) is 0 Å². The lowest BCUT2D eigenvalue weighted by molar-refractivity contribution is 0.0972. The van der Waals surface area contributed by atoms with E-state index in [1.165, 1.54) is 14.1 Å².